The van der Waals surface area contributed by atoms with Crippen LogP contribution in [0, 0.1) is 13.8 Å². The van der Waals surface area contributed by atoms with Crippen molar-refractivity contribution in [1.29, 1.82) is 0 Å². The Labute approximate surface area is 201 Å². The number of H-pyrrole nitrogens is 1. The number of benzene rings is 2. The summed E-state index contributed by atoms with van der Waals surface area (Å²) in [6.07, 6.45) is 6.68. The smallest absolute Gasteiger partial charge is 0.337 e. The van der Waals surface area contributed by atoms with E-state index in [2.05, 4.69) is 15.3 Å². The highest BCUT2D eigenvalue weighted by Gasteiger charge is 2.40. The fourth-order valence-electron chi connectivity index (χ4n) is 4.30. The van der Waals surface area contributed by atoms with E-state index in [1.54, 1.807) is 36.4 Å². The quantitative estimate of drug-likeness (QED) is 0.423. The molecule has 0 aliphatic heterocycles. The number of phenolic OH excluding ortho intramolecular Hbond substituents is 1. The van der Waals surface area contributed by atoms with Crippen molar-refractivity contribution >= 4 is 17.2 Å². The van der Waals surface area contributed by atoms with Gasteiger partial charge in [0.25, 0.3) is 5.56 Å². The molecule has 1 unspecified atom stereocenters. The fourth-order valence-corrected chi connectivity index (χ4v) is 4.30. The van der Waals surface area contributed by atoms with E-state index in [-0.39, 0.29) is 29.3 Å². The van der Waals surface area contributed by atoms with Crippen molar-refractivity contribution in [1.82, 2.24) is 9.78 Å². The monoisotopic (exact) mass is 470 g/mol. The number of nitrogens with one attached hydrogen (secondary N) is 1. The first kappa shape index (κ1) is 22.6. The number of phenols is 1. The highest BCUT2D eigenvalue weighted by Crippen LogP contribution is 2.43. The van der Waals surface area contributed by atoms with Gasteiger partial charge in [-0.15, -0.1) is 5.11 Å². The molecule has 1 aromatic heterocycles. The zero-order valence-corrected chi connectivity index (χ0v) is 19.5. The summed E-state index contributed by atoms with van der Waals surface area (Å²) >= 11 is 0. The Bertz CT molecular complexity index is 1470. The molecule has 0 saturated heterocycles. The SMILES string of the molecule is Cc1ccc(-n2[nH]c(C3CC3)c(N=NC3(C(=O)O)C=CC=C(c4ccccc4O)C3)c2=O)cc1C. The van der Waals surface area contributed by atoms with Gasteiger partial charge in [-0.3, -0.25) is 9.89 Å². The molecule has 2 aliphatic rings. The van der Waals surface area contributed by atoms with E-state index in [0.29, 0.717) is 22.5 Å². The number of nitrogens with zero attached hydrogens (tertiary/aromatic N) is 3. The molecular formula is C27H26N4O4. The van der Waals surface area contributed by atoms with E-state index in [1.165, 1.54) is 10.8 Å². The van der Waals surface area contributed by atoms with Crippen molar-refractivity contribution in [3.05, 3.63) is 93.4 Å². The van der Waals surface area contributed by atoms with Crippen LogP contribution in [0.25, 0.3) is 11.3 Å². The zero-order valence-electron chi connectivity index (χ0n) is 19.5. The third kappa shape index (κ3) is 4.12. The van der Waals surface area contributed by atoms with Gasteiger partial charge in [0.2, 0.25) is 5.54 Å². The third-order valence-electron chi connectivity index (χ3n) is 6.71. The molecule has 2 aliphatic carbocycles. The number of carboxylic acid groups (broad SMARTS) is 1. The molecule has 1 atom stereocenters. The van der Waals surface area contributed by atoms with E-state index in [0.717, 1.165) is 24.0 Å². The van der Waals surface area contributed by atoms with E-state index >= 15 is 0 Å². The summed E-state index contributed by atoms with van der Waals surface area (Å²) in [7, 11) is 0. The number of aliphatic carboxylic acids is 1. The molecule has 8 heteroatoms. The van der Waals surface area contributed by atoms with Crippen LogP contribution in [0.4, 0.5) is 5.69 Å². The Kier molecular flexibility index (Phi) is 5.51. The number of aromatic hydroxyl groups is 1. The number of allylic oxidation sites excluding steroid dienone is 2. The first-order chi connectivity index (χ1) is 16.8. The molecule has 3 aromatic rings. The second kappa shape index (κ2) is 8.54. The number of aryl methyl sites for hydroxylation is 2. The summed E-state index contributed by atoms with van der Waals surface area (Å²) in [5.74, 6) is -0.955. The Morgan fingerprint density at radius 3 is 2.60 bits per heavy atom. The van der Waals surface area contributed by atoms with Crippen LogP contribution in [-0.2, 0) is 4.79 Å². The molecule has 0 radical (unpaired) electrons. The Morgan fingerprint density at radius 1 is 1.14 bits per heavy atom. The minimum Gasteiger partial charge on any atom is -0.507 e. The van der Waals surface area contributed by atoms with Crippen LogP contribution < -0.4 is 5.56 Å². The van der Waals surface area contributed by atoms with Gasteiger partial charge in [-0.1, -0.05) is 36.4 Å². The molecule has 1 fully saturated rings. The van der Waals surface area contributed by atoms with Gasteiger partial charge in [0.05, 0.1) is 11.4 Å². The van der Waals surface area contributed by atoms with Crippen LogP contribution >= 0.6 is 0 Å². The molecule has 0 amide bonds. The molecule has 35 heavy (non-hydrogen) atoms. The van der Waals surface area contributed by atoms with Gasteiger partial charge >= 0.3 is 5.97 Å². The maximum atomic E-state index is 13.4. The van der Waals surface area contributed by atoms with Crippen molar-refractivity contribution in [3.8, 4) is 11.4 Å². The summed E-state index contributed by atoms with van der Waals surface area (Å²) < 4.78 is 1.45. The number of hydrogen-bond acceptors (Lipinski definition) is 5. The molecule has 5 rings (SSSR count). The largest absolute Gasteiger partial charge is 0.507 e. The van der Waals surface area contributed by atoms with Crippen molar-refractivity contribution in [2.75, 3.05) is 0 Å². The summed E-state index contributed by atoms with van der Waals surface area (Å²) in [4.78, 5) is 25.7. The normalized spacial score (nSPS) is 19.8. The Hall–Kier alpha value is -4.20. The maximum absolute atomic E-state index is 13.4. The minimum absolute atomic E-state index is 0.00552. The lowest BCUT2D eigenvalue weighted by Crippen LogP contribution is -2.35. The Morgan fingerprint density at radius 2 is 1.91 bits per heavy atom. The number of aromatic amines is 1. The fraction of sp³-hybridized carbons (Fsp3) is 0.259. The van der Waals surface area contributed by atoms with Gasteiger partial charge in [0.1, 0.15) is 5.75 Å². The van der Waals surface area contributed by atoms with Gasteiger partial charge < -0.3 is 10.2 Å². The van der Waals surface area contributed by atoms with Crippen molar-refractivity contribution < 1.29 is 15.0 Å². The van der Waals surface area contributed by atoms with Crippen LogP contribution in [-0.4, -0.2) is 31.5 Å². The standard InChI is InChI=1S/C27H26N4O4/c1-16-9-12-20(14-17(16)2)31-25(33)24(23(29-31)18-10-11-18)28-30-27(26(34)35)13-5-6-19(15-27)21-7-3-4-8-22(21)32/h3-9,12-14,18,29,32H,10-11,15H2,1-2H3,(H,34,35). The Balaban J connectivity index is 1.54. The number of hydrogen-bond donors (Lipinski definition) is 3. The van der Waals surface area contributed by atoms with Gasteiger partial charge in [0.15, 0.2) is 5.69 Å². The first-order valence-electron chi connectivity index (χ1n) is 11.5. The van der Waals surface area contributed by atoms with Crippen molar-refractivity contribution in [2.24, 2.45) is 10.2 Å². The summed E-state index contributed by atoms with van der Waals surface area (Å²) in [5.41, 5.74) is 2.78. The average Bonchev–Trinajstić information content (AvgIpc) is 3.63. The lowest BCUT2D eigenvalue weighted by atomic mass is 9.84. The number of carboxylic acids is 1. The highest BCUT2D eigenvalue weighted by molar-refractivity contribution is 5.88. The van der Waals surface area contributed by atoms with Gasteiger partial charge in [0, 0.05) is 17.9 Å². The minimum atomic E-state index is -1.69. The predicted octanol–water partition coefficient (Wildman–Crippen LogP) is 5.32. The van der Waals surface area contributed by atoms with Crippen LogP contribution in [0.15, 0.2) is 75.7 Å². The summed E-state index contributed by atoms with van der Waals surface area (Å²) in [5, 5.41) is 32.1. The van der Waals surface area contributed by atoms with Crippen LogP contribution in [0.5, 0.6) is 5.75 Å². The first-order valence-corrected chi connectivity index (χ1v) is 11.5. The lowest BCUT2D eigenvalue weighted by Gasteiger charge is -2.24. The van der Waals surface area contributed by atoms with Crippen molar-refractivity contribution in [3.63, 3.8) is 0 Å². The highest BCUT2D eigenvalue weighted by atomic mass is 16.4. The number of carbonyl (C=O) groups is 1. The van der Waals surface area contributed by atoms with Crippen LogP contribution in [0.1, 0.15) is 47.6 Å². The average molecular weight is 471 g/mol. The molecule has 1 saturated carbocycles. The molecule has 0 bridgehead atoms. The van der Waals surface area contributed by atoms with Crippen LogP contribution in [0.2, 0.25) is 0 Å². The summed E-state index contributed by atoms with van der Waals surface area (Å²) in [6, 6.07) is 12.5. The predicted molar refractivity (Wildman–Crippen MR) is 133 cm³/mol. The van der Waals surface area contributed by atoms with Crippen molar-refractivity contribution in [2.45, 2.75) is 44.6 Å². The number of rotatable bonds is 6. The third-order valence-corrected chi connectivity index (χ3v) is 6.71. The molecule has 8 nitrogen and oxygen atoms in total. The molecule has 2 aromatic carbocycles. The van der Waals surface area contributed by atoms with E-state index < -0.39 is 11.5 Å². The second-order valence-electron chi connectivity index (χ2n) is 9.23. The summed E-state index contributed by atoms with van der Waals surface area (Å²) in [6.45, 7) is 3.99. The van der Waals surface area contributed by atoms with Gasteiger partial charge in [-0.2, -0.15) is 5.11 Å². The van der Waals surface area contributed by atoms with E-state index in [4.69, 9.17) is 0 Å². The molecule has 3 N–H and O–H groups in total. The lowest BCUT2D eigenvalue weighted by molar-refractivity contribution is -0.141. The maximum Gasteiger partial charge on any atom is 0.337 e. The molecule has 1 heterocycles. The number of aromatic nitrogens is 2. The molecule has 0 spiro atoms. The molecular weight excluding hydrogens is 444 g/mol. The van der Waals surface area contributed by atoms with E-state index in [1.807, 2.05) is 32.0 Å². The second-order valence-corrected chi connectivity index (χ2v) is 9.23. The zero-order chi connectivity index (χ0) is 24.7. The molecule has 178 valence electrons. The number of azo groups is 1. The van der Waals surface area contributed by atoms with Crippen LogP contribution in [0.3, 0.4) is 0 Å². The number of para-hydroxylation sites is 1. The van der Waals surface area contributed by atoms with E-state index in [9.17, 15) is 19.8 Å². The van der Waals surface area contributed by atoms with Gasteiger partial charge in [-0.25, -0.2) is 9.48 Å². The topological polar surface area (TPSA) is 120 Å². The van der Waals surface area contributed by atoms with Gasteiger partial charge in [-0.05, 0) is 67.7 Å².